The highest BCUT2D eigenvalue weighted by atomic mass is 35.5. The van der Waals surface area contributed by atoms with E-state index in [-0.39, 0.29) is 11.4 Å². The molecule has 0 spiro atoms. The first-order valence-corrected chi connectivity index (χ1v) is 8.04. The highest BCUT2D eigenvalue weighted by molar-refractivity contribution is 7.21. The molecule has 2 aromatic heterocycles. The average Bonchev–Trinajstić information content (AvgIpc) is 2.71. The van der Waals surface area contributed by atoms with Gasteiger partial charge in [0.2, 0.25) is 0 Å². The fraction of sp³-hybridized carbons (Fsp3) is 0.429. The van der Waals surface area contributed by atoms with Crippen LogP contribution < -0.4 is 5.32 Å². The number of ether oxygens (including phenoxy) is 1. The van der Waals surface area contributed by atoms with Crippen LogP contribution in [0.3, 0.4) is 0 Å². The van der Waals surface area contributed by atoms with Crippen molar-refractivity contribution in [2.75, 3.05) is 13.2 Å². The molecule has 2 aromatic rings. The Morgan fingerprint density at radius 3 is 2.57 bits per heavy atom. The van der Waals surface area contributed by atoms with Gasteiger partial charge in [0.1, 0.15) is 9.71 Å². The highest BCUT2D eigenvalue weighted by Gasteiger charge is 2.36. The summed E-state index contributed by atoms with van der Waals surface area (Å²) in [5.41, 5.74) is 1.29. The van der Waals surface area contributed by atoms with Crippen LogP contribution in [-0.2, 0) is 4.74 Å². The second kappa shape index (κ2) is 5.09. The largest absolute Gasteiger partial charge is 0.376 e. The van der Waals surface area contributed by atoms with Crippen LogP contribution in [0.4, 0.5) is 0 Å². The number of carbonyl (C=O) groups is 1. The summed E-state index contributed by atoms with van der Waals surface area (Å²) in [7, 11) is 0. The number of nitrogens with one attached hydrogen (secondary N) is 1. The Morgan fingerprint density at radius 2 is 2.00 bits per heavy atom. The van der Waals surface area contributed by atoms with Crippen molar-refractivity contribution in [3.63, 3.8) is 0 Å². The minimum atomic E-state index is -0.313. The van der Waals surface area contributed by atoms with E-state index >= 15 is 0 Å². The molecule has 7 heteroatoms. The number of amides is 1. The third-order valence-electron chi connectivity index (χ3n) is 3.59. The van der Waals surface area contributed by atoms with Gasteiger partial charge in [0.15, 0.2) is 0 Å². The molecule has 3 rings (SSSR count). The fourth-order valence-corrected chi connectivity index (χ4v) is 4.04. The predicted molar refractivity (Wildman–Crippen MR) is 85.8 cm³/mol. The van der Waals surface area contributed by atoms with Crippen molar-refractivity contribution >= 4 is 50.7 Å². The zero-order chi connectivity index (χ0) is 15.4. The van der Waals surface area contributed by atoms with E-state index in [1.54, 1.807) is 0 Å². The van der Waals surface area contributed by atoms with Crippen LogP contribution in [-0.4, -0.2) is 29.6 Å². The zero-order valence-corrected chi connectivity index (χ0v) is 14.2. The van der Waals surface area contributed by atoms with Crippen LogP contribution in [0.5, 0.6) is 0 Å². The minimum Gasteiger partial charge on any atom is -0.376 e. The van der Waals surface area contributed by atoms with Gasteiger partial charge < -0.3 is 10.1 Å². The van der Waals surface area contributed by atoms with Crippen molar-refractivity contribution in [3.05, 3.63) is 26.2 Å². The van der Waals surface area contributed by atoms with Crippen molar-refractivity contribution in [1.82, 2.24) is 10.3 Å². The normalized spacial score (nSPS) is 16.8. The van der Waals surface area contributed by atoms with E-state index in [0.29, 0.717) is 28.1 Å². The third kappa shape index (κ3) is 2.42. The number of nitrogens with zero attached hydrogens (tertiary/aromatic N) is 1. The molecule has 0 atom stereocenters. The third-order valence-corrected chi connectivity index (χ3v) is 5.71. The SMILES string of the molecule is Cc1nc2sc(C(=O)NC3(C)COC3)c(Cl)c2c(C)c1Cl. The van der Waals surface area contributed by atoms with E-state index in [0.717, 1.165) is 21.5 Å². The summed E-state index contributed by atoms with van der Waals surface area (Å²) in [5, 5.41) is 4.73. The fourth-order valence-electron chi connectivity index (χ4n) is 2.34. The quantitative estimate of drug-likeness (QED) is 0.902. The molecule has 0 radical (unpaired) electrons. The first kappa shape index (κ1) is 15.0. The van der Waals surface area contributed by atoms with Crippen LogP contribution >= 0.6 is 34.5 Å². The molecule has 1 aliphatic heterocycles. The maximum absolute atomic E-state index is 12.4. The van der Waals surface area contributed by atoms with Gasteiger partial charge in [-0.05, 0) is 26.3 Å². The summed E-state index contributed by atoms with van der Waals surface area (Å²) in [6.07, 6.45) is 0. The summed E-state index contributed by atoms with van der Waals surface area (Å²) in [5.74, 6) is -0.193. The molecule has 1 N–H and O–H groups in total. The molecule has 1 saturated heterocycles. The molecule has 0 unspecified atom stereocenters. The first-order chi connectivity index (χ1) is 9.82. The van der Waals surface area contributed by atoms with Crippen molar-refractivity contribution in [2.45, 2.75) is 26.3 Å². The van der Waals surface area contributed by atoms with Gasteiger partial charge >= 0.3 is 0 Å². The Balaban J connectivity index is 2.05. The van der Waals surface area contributed by atoms with E-state index in [4.69, 9.17) is 27.9 Å². The number of aromatic nitrogens is 1. The number of carbonyl (C=O) groups excluding carboxylic acids is 1. The number of halogens is 2. The van der Waals surface area contributed by atoms with Gasteiger partial charge in [-0.25, -0.2) is 4.98 Å². The molecule has 0 bridgehead atoms. The monoisotopic (exact) mass is 344 g/mol. The standard InChI is InChI=1S/C14H14Cl2N2O2S/c1-6-8-10(16)11(12(19)18-14(3)4-20-5-14)21-13(8)17-7(2)9(6)15/h4-5H2,1-3H3,(H,18,19). The molecular formula is C14H14Cl2N2O2S. The predicted octanol–water partition coefficient (Wildman–Crippen LogP) is 3.74. The van der Waals surface area contributed by atoms with E-state index in [2.05, 4.69) is 10.3 Å². The van der Waals surface area contributed by atoms with E-state index < -0.39 is 0 Å². The van der Waals surface area contributed by atoms with Gasteiger partial charge in [-0.15, -0.1) is 11.3 Å². The molecule has 1 amide bonds. The molecule has 0 saturated carbocycles. The summed E-state index contributed by atoms with van der Waals surface area (Å²) < 4.78 is 5.14. The van der Waals surface area contributed by atoms with Gasteiger partial charge in [-0.2, -0.15) is 0 Å². The molecule has 0 aliphatic carbocycles. The topological polar surface area (TPSA) is 51.2 Å². The first-order valence-electron chi connectivity index (χ1n) is 6.47. The van der Waals surface area contributed by atoms with Gasteiger partial charge in [0, 0.05) is 5.39 Å². The Kier molecular flexibility index (Phi) is 3.64. The van der Waals surface area contributed by atoms with E-state index in [1.165, 1.54) is 11.3 Å². The second-order valence-corrected chi connectivity index (χ2v) is 7.32. The van der Waals surface area contributed by atoms with Crippen molar-refractivity contribution < 1.29 is 9.53 Å². The Labute approximate surface area is 136 Å². The molecule has 21 heavy (non-hydrogen) atoms. The number of rotatable bonds is 2. The summed E-state index contributed by atoms with van der Waals surface area (Å²) in [6, 6.07) is 0. The number of hydrogen-bond acceptors (Lipinski definition) is 4. The van der Waals surface area contributed by atoms with Crippen LogP contribution in [0.15, 0.2) is 0 Å². The molecule has 1 fully saturated rings. The van der Waals surface area contributed by atoms with Gasteiger partial charge in [0.05, 0.1) is 34.5 Å². The van der Waals surface area contributed by atoms with Crippen molar-refractivity contribution in [2.24, 2.45) is 0 Å². The van der Waals surface area contributed by atoms with Gasteiger partial charge in [-0.3, -0.25) is 4.79 Å². The smallest absolute Gasteiger partial charge is 0.263 e. The summed E-state index contributed by atoms with van der Waals surface area (Å²) >= 11 is 13.9. The maximum Gasteiger partial charge on any atom is 0.263 e. The molecule has 112 valence electrons. The highest BCUT2D eigenvalue weighted by Crippen LogP contribution is 2.39. The Bertz CT molecular complexity index is 753. The maximum atomic E-state index is 12.4. The minimum absolute atomic E-state index is 0.193. The van der Waals surface area contributed by atoms with Crippen molar-refractivity contribution in [1.29, 1.82) is 0 Å². The van der Waals surface area contributed by atoms with Gasteiger partial charge in [-0.1, -0.05) is 23.2 Å². The molecule has 4 nitrogen and oxygen atoms in total. The lowest BCUT2D eigenvalue weighted by atomic mass is 10.0. The number of pyridine rings is 1. The number of aryl methyl sites for hydroxylation is 2. The average molecular weight is 345 g/mol. The number of hydrogen-bond donors (Lipinski definition) is 1. The van der Waals surface area contributed by atoms with Crippen LogP contribution in [0.2, 0.25) is 10.0 Å². The second-order valence-electron chi connectivity index (χ2n) is 5.57. The molecule has 0 aromatic carbocycles. The van der Waals surface area contributed by atoms with Crippen LogP contribution in [0.1, 0.15) is 27.9 Å². The molecular weight excluding hydrogens is 331 g/mol. The van der Waals surface area contributed by atoms with Crippen LogP contribution in [0.25, 0.3) is 10.2 Å². The van der Waals surface area contributed by atoms with Gasteiger partial charge in [0.25, 0.3) is 5.91 Å². The lowest BCUT2D eigenvalue weighted by Crippen LogP contribution is -2.59. The lowest BCUT2D eigenvalue weighted by molar-refractivity contribution is -0.0593. The summed E-state index contributed by atoms with van der Waals surface area (Å²) in [6.45, 7) is 6.71. The van der Waals surface area contributed by atoms with Crippen molar-refractivity contribution in [3.8, 4) is 0 Å². The summed E-state index contributed by atoms with van der Waals surface area (Å²) in [4.78, 5) is 18.1. The molecule has 1 aliphatic rings. The van der Waals surface area contributed by atoms with Crippen LogP contribution in [0, 0.1) is 13.8 Å². The zero-order valence-electron chi connectivity index (χ0n) is 11.8. The number of thiophene rings is 1. The number of fused-ring (bicyclic) bond motifs is 1. The van der Waals surface area contributed by atoms with E-state index in [1.807, 2.05) is 20.8 Å². The lowest BCUT2D eigenvalue weighted by Gasteiger charge is -2.38. The molecule has 3 heterocycles. The Morgan fingerprint density at radius 1 is 1.33 bits per heavy atom. The van der Waals surface area contributed by atoms with E-state index in [9.17, 15) is 4.79 Å². The Hall–Kier alpha value is -0.880.